The van der Waals surface area contributed by atoms with Gasteiger partial charge in [0.1, 0.15) is 0 Å². The number of nitrogens with zero attached hydrogens (tertiary/aromatic N) is 2. The maximum atomic E-state index is 6.07. The molecule has 0 saturated carbocycles. The van der Waals surface area contributed by atoms with Crippen molar-refractivity contribution in [3.8, 4) is 0 Å². The van der Waals surface area contributed by atoms with Gasteiger partial charge in [-0.15, -0.1) is 10.2 Å². The minimum absolute atomic E-state index is 0.571. The van der Waals surface area contributed by atoms with E-state index in [1.807, 2.05) is 24.3 Å². The highest BCUT2D eigenvalue weighted by Crippen LogP contribution is 2.25. The second-order valence-corrected chi connectivity index (χ2v) is 5.07. The lowest BCUT2D eigenvalue weighted by Gasteiger charge is -2.00. The van der Waals surface area contributed by atoms with E-state index in [1.54, 1.807) is 0 Å². The molecular formula is C12H14ClN3OS. The van der Waals surface area contributed by atoms with Crippen LogP contribution in [0.25, 0.3) is 0 Å². The number of thioether (sulfide) groups is 1. The van der Waals surface area contributed by atoms with Gasteiger partial charge in [-0.2, -0.15) is 0 Å². The molecule has 0 amide bonds. The standard InChI is InChI=1S/C12H14ClN3OS/c13-10-5-2-1-4-9(10)8-18-12-16-15-11(17-12)6-3-7-14/h1-2,4-5H,3,6-8,14H2. The summed E-state index contributed by atoms with van der Waals surface area (Å²) in [4.78, 5) is 0. The lowest BCUT2D eigenvalue weighted by molar-refractivity contribution is 0.410. The Bertz CT molecular complexity index is 504. The molecule has 1 aromatic carbocycles. The van der Waals surface area contributed by atoms with Crippen molar-refractivity contribution in [1.82, 2.24) is 10.2 Å². The highest BCUT2D eigenvalue weighted by atomic mass is 35.5. The average Bonchev–Trinajstić information content (AvgIpc) is 2.83. The van der Waals surface area contributed by atoms with Crippen LogP contribution in [0.4, 0.5) is 0 Å². The van der Waals surface area contributed by atoms with Gasteiger partial charge in [0, 0.05) is 17.2 Å². The Morgan fingerprint density at radius 1 is 1.28 bits per heavy atom. The van der Waals surface area contributed by atoms with Gasteiger partial charge < -0.3 is 10.2 Å². The lowest BCUT2D eigenvalue weighted by atomic mass is 10.2. The van der Waals surface area contributed by atoms with Crippen molar-refractivity contribution < 1.29 is 4.42 Å². The largest absolute Gasteiger partial charge is 0.416 e. The molecule has 0 unspecified atom stereocenters. The third-order valence-electron chi connectivity index (χ3n) is 2.35. The van der Waals surface area contributed by atoms with Gasteiger partial charge in [-0.25, -0.2) is 0 Å². The van der Waals surface area contributed by atoms with Crippen LogP contribution in [0.15, 0.2) is 33.9 Å². The highest BCUT2D eigenvalue weighted by Gasteiger charge is 2.07. The number of benzene rings is 1. The Morgan fingerprint density at radius 3 is 2.89 bits per heavy atom. The summed E-state index contributed by atoms with van der Waals surface area (Å²) >= 11 is 7.56. The van der Waals surface area contributed by atoms with Crippen LogP contribution in [0.1, 0.15) is 17.9 Å². The van der Waals surface area contributed by atoms with Gasteiger partial charge in [0.2, 0.25) is 5.89 Å². The van der Waals surface area contributed by atoms with Crippen LogP contribution in [0.3, 0.4) is 0 Å². The molecule has 2 rings (SSSR count). The minimum Gasteiger partial charge on any atom is -0.416 e. The fraction of sp³-hybridized carbons (Fsp3) is 0.333. The number of hydrogen-bond acceptors (Lipinski definition) is 5. The first-order valence-electron chi connectivity index (χ1n) is 5.68. The first-order chi connectivity index (χ1) is 8.79. The monoisotopic (exact) mass is 283 g/mol. The Balaban J connectivity index is 1.90. The molecule has 18 heavy (non-hydrogen) atoms. The van der Waals surface area contributed by atoms with Crippen molar-refractivity contribution >= 4 is 23.4 Å². The van der Waals surface area contributed by atoms with E-state index >= 15 is 0 Å². The van der Waals surface area contributed by atoms with Crippen molar-refractivity contribution in [2.75, 3.05) is 6.54 Å². The summed E-state index contributed by atoms with van der Waals surface area (Å²) in [6.07, 6.45) is 1.59. The van der Waals surface area contributed by atoms with E-state index in [-0.39, 0.29) is 0 Å². The van der Waals surface area contributed by atoms with Gasteiger partial charge in [-0.3, -0.25) is 0 Å². The number of aryl methyl sites for hydroxylation is 1. The van der Waals surface area contributed by atoms with Crippen LogP contribution in [0.2, 0.25) is 5.02 Å². The van der Waals surface area contributed by atoms with Gasteiger partial charge in [0.25, 0.3) is 5.22 Å². The Kier molecular flexibility index (Phi) is 5.04. The number of hydrogen-bond donors (Lipinski definition) is 1. The molecule has 1 heterocycles. The molecule has 0 bridgehead atoms. The Labute approximate surface area is 115 Å². The van der Waals surface area contributed by atoms with Crippen LogP contribution in [-0.2, 0) is 12.2 Å². The van der Waals surface area contributed by atoms with E-state index in [0.29, 0.717) is 17.7 Å². The van der Waals surface area contributed by atoms with Crippen LogP contribution < -0.4 is 5.73 Å². The lowest BCUT2D eigenvalue weighted by Crippen LogP contribution is -2.00. The molecule has 0 spiro atoms. The maximum Gasteiger partial charge on any atom is 0.276 e. The number of aromatic nitrogens is 2. The Hall–Kier alpha value is -1.04. The first kappa shape index (κ1) is 13.4. The van der Waals surface area contributed by atoms with E-state index in [2.05, 4.69) is 10.2 Å². The van der Waals surface area contributed by atoms with Crippen molar-refractivity contribution in [2.24, 2.45) is 5.73 Å². The molecule has 96 valence electrons. The number of halogens is 1. The second-order valence-electron chi connectivity index (χ2n) is 3.73. The van der Waals surface area contributed by atoms with E-state index in [0.717, 1.165) is 29.2 Å². The molecule has 0 atom stereocenters. The fourth-order valence-corrected chi connectivity index (χ4v) is 2.47. The fourth-order valence-electron chi connectivity index (χ4n) is 1.41. The molecule has 0 radical (unpaired) electrons. The average molecular weight is 284 g/mol. The molecule has 0 aliphatic rings. The zero-order chi connectivity index (χ0) is 12.8. The number of rotatable bonds is 6. The SMILES string of the molecule is NCCCc1nnc(SCc2ccccc2Cl)o1. The molecule has 0 saturated heterocycles. The molecule has 0 fully saturated rings. The predicted octanol–water partition coefficient (Wildman–Crippen LogP) is 2.91. The summed E-state index contributed by atoms with van der Waals surface area (Å²) in [5.41, 5.74) is 6.49. The van der Waals surface area contributed by atoms with Gasteiger partial charge in [-0.1, -0.05) is 41.6 Å². The third-order valence-corrected chi connectivity index (χ3v) is 3.59. The van der Waals surface area contributed by atoms with E-state index in [1.165, 1.54) is 11.8 Å². The molecule has 4 nitrogen and oxygen atoms in total. The van der Waals surface area contributed by atoms with Gasteiger partial charge >= 0.3 is 0 Å². The van der Waals surface area contributed by atoms with Gasteiger partial charge in [0.15, 0.2) is 0 Å². The molecule has 2 aromatic rings. The molecule has 1 aromatic heterocycles. The summed E-state index contributed by atoms with van der Waals surface area (Å²) < 4.78 is 5.49. The summed E-state index contributed by atoms with van der Waals surface area (Å²) in [5, 5.41) is 9.27. The van der Waals surface area contributed by atoms with Crippen molar-refractivity contribution in [3.05, 3.63) is 40.7 Å². The van der Waals surface area contributed by atoms with Crippen molar-refractivity contribution in [3.63, 3.8) is 0 Å². The van der Waals surface area contributed by atoms with E-state index in [4.69, 9.17) is 21.8 Å². The first-order valence-corrected chi connectivity index (χ1v) is 7.04. The summed E-state index contributed by atoms with van der Waals surface area (Å²) in [5.74, 6) is 1.36. The quantitative estimate of drug-likeness (QED) is 0.826. The minimum atomic E-state index is 0.571. The maximum absolute atomic E-state index is 6.07. The topological polar surface area (TPSA) is 64.9 Å². The van der Waals surface area contributed by atoms with Crippen LogP contribution in [0.5, 0.6) is 0 Å². The molecule has 0 aliphatic carbocycles. The third kappa shape index (κ3) is 3.73. The summed E-state index contributed by atoms with van der Waals surface area (Å²) in [6.45, 7) is 0.629. The normalized spacial score (nSPS) is 10.8. The molecule has 2 N–H and O–H groups in total. The zero-order valence-electron chi connectivity index (χ0n) is 9.80. The van der Waals surface area contributed by atoms with E-state index in [9.17, 15) is 0 Å². The summed E-state index contributed by atoms with van der Waals surface area (Å²) in [6, 6.07) is 7.73. The zero-order valence-corrected chi connectivity index (χ0v) is 11.4. The highest BCUT2D eigenvalue weighted by molar-refractivity contribution is 7.98. The molecule has 6 heteroatoms. The Morgan fingerprint density at radius 2 is 2.11 bits per heavy atom. The predicted molar refractivity (Wildman–Crippen MR) is 72.7 cm³/mol. The van der Waals surface area contributed by atoms with Gasteiger partial charge in [-0.05, 0) is 24.6 Å². The van der Waals surface area contributed by atoms with Crippen LogP contribution in [0, 0.1) is 0 Å². The van der Waals surface area contributed by atoms with Crippen LogP contribution >= 0.6 is 23.4 Å². The smallest absolute Gasteiger partial charge is 0.276 e. The molecular weight excluding hydrogens is 270 g/mol. The molecule has 0 aliphatic heterocycles. The van der Waals surface area contributed by atoms with Gasteiger partial charge in [0.05, 0.1) is 0 Å². The number of nitrogens with two attached hydrogens (primary N) is 1. The van der Waals surface area contributed by atoms with Crippen LogP contribution in [-0.4, -0.2) is 16.7 Å². The van der Waals surface area contributed by atoms with Crippen molar-refractivity contribution in [2.45, 2.75) is 23.8 Å². The van der Waals surface area contributed by atoms with Crippen molar-refractivity contribution in [1.29, 1.82) is 0 Å². The van der Waals surface area contributed by atoms with E-state index < -0.39 is 0 Å². The second kappa shape index (κ2) is 6.78. The summed E-state index contributed by atoms with van der Waals surface area (Å²) in [7, 11) is 0.